The van der Waals surface area contributed by atoms with Gasteiger partial charge < -0.3 is 9.47 Å². The fourth-order valence-electron chi connectivity index (χ4n) is 1.83. The number of ketones is 1. The number of hydrogen-bond acceptors (Lipinski definition) is 5. The number of nitrogens with zero attached hydrogens (tertiary/aromatic N) is 1. The summed E-state index contributed by atoms with van der Waals surface area (Å²) in [6.45, 7) is 5.22. The summed E-state index contributed by atoms with van der Waals surface area (Å²) in [4.78, 5) is 27.7. The monoisotopic (exact) mass is 328 g/mol. The molecule has 0 unspecified atom stereocenters. The zero-order valence-electron chi connectivity index (χ0n) is 13.9. The third-order valence-corrected chi connectivity index (χ3v) is 2.83. The second kappa shape index (κ2) is 7.59. The quantitative estimate of drug-likeness (QED) is 0.847. The van der Waals surface area contributed by atoms with Crippen LogP contribution in [-0.2, 0) is 4.74 Å². The SMILES string of the molecule is CC(C)(C)OC(=O)Nc1cc(OCC(=O)c2ccccc2)ccn1. The van der Waals surface area contributed by atoms with E-state index in [4.69, 9.17) is 9.47 Å². The molecular formula is C18H20N2O4. The summed E-state index contributed by atoms with van der Waals surface area (Å²) < 4.78 is 10.6. The maximum Gasteiger partial charge on any atom is 0.413 e. The van der Waals surface area contributed by atoms with Crippen LogP contribution in [0.5, 0.6) is 5.75 Å². The molecule has 1 N–H and O–H groups in total. The molecule has 0 atom stereocenters. The lowest BCUT2D eigenvalue weighted by molar-refractivity contribution is 0.0635. The minimum atomic E-state index is -0.604. The van der Waals surface area contributed by atoms with Crippen molar-refractivity contribution in [3.63, 3.8) is 0 Å². The van der Waals surface area contributed by atoms with Gasteiger partial charge in [0.05, 0.1) is 0 Å². The van der Waals surface area contributed by atoms with Gasteiger partial charge in [0.25, 0.3) is 0 Å². The molecule has 24 heavy (non-hydrogen) atoms. The molecule has 126 valence electrons. The minimum absolute atomic E-state index is 0.0973. The van der Waals surface area contributed by atoms with Gasteiger partial charge in [-0.3, -0.25) is 10.1 Å². The van der Waals surface area contributed by atoms with Crippen LogP contribution in [0.3, 0.4) is 0 Å². The van der Waals surface area contributed by atoms with E-state index in [1.807, 2.05) is 6.07 Å². The Hall–Kier alpha value is -2.89. The minimum Gasteiger partial charge on any atom is -0.485 e. The van der Waals surface area contributed by atoms with Gasteiger partial charge in [-0.1, -0.05) is 30.3 Å². The largest absolute Gasteiger partial charge is 0.485 e. The average molecular weight is 328 g/mol. The molecule has 1 amide bonds. The van der Waals surface area contributed by atoms with Crippen molar-refractivity contribution < 1.29 is 19.1 Å². The van der Waals surface area contributed by atoms with E-state index in [2.05, 4.69) is 10.3 Å². The van der Waals surface area contributed by atoms with E-state index in [1.54, 1.807) is 51.1 Å². The number of hydrogen-bond donors (Lipinski definition) is 1. The molecule has 0 saturated heterocycles. The number of benzene rings is 1. The van der Waals surface area contributed by atoms with Crippen LogP contribution >= 0.6 is 0 Å². The highest BCUT2D eigenvalue weighted by Crippen LogP contribution is 2.16. The van der Waals surface area contributed by atoms with Crippen LogP contribution in [0.25, 0.3) is 0 Å². The first kappa shape index (κ1) is 17.5. The molecule has 0 saturated carbocycles. The summed E-state index contributed by atoms with van der Waals surface area (Å²) in [5.41, 5.74) is -0.0148. The highest BCUT2D eigenvalue weighted by Gasteiger charge is 2.16. The summed E-state index contributed by atoms with van der Waals surface area (Å²) in [6, 6.07) is 12.0. The number of anilines is 1. The van der Waals surface area contributed by atoms with Gasteiger partial charge in [0, 0.05) is 17.8 Å². The Kier molecular flexibility index (Phi) is 5.52. The van der Waals surface area contributed by atoms with Gasteiger partial charge in [-0.15, -0.1) is 0 Å². The lowest BCUT2D eigenvalue weighted by atomic mass is 10.1. The lowest BCUT2D eigenvalue weighted by Crippen LogP contribution is -2.27. The number of ether oxygens (including phenoxy) is 2. The van der Waals surface area contributed by atoms with Crippen LogP contribution in [-0.4, -0.2) is 29.1 Å². The van der Waals surface area contributed by atoms with Gasteiger partial charge in [0.1, 0.15) is 17.2 Å². The van der Waals surface area contributed by atoms with Gasteiger partial charge in [0.2, 0.25) is 0 Å². The molecule has 2 aromatic rings. The Bertz CT molecular complexity index is 708. The second-order valence-corrected chi connectivity index (χ2v) is 6.08. The Morgan fingerprint density at radius 1 is 1.12 bits per heavy atom. The predicted octanol–water partition coefficient (Wildman–Crippen LogP) is 3.69. The van der Waals surface area contributed by atoms with Crippen molar-refractivity contribution in [3.05, 3.63) is 54.2 Å². The topological polar surface area (TPSA) is 77.5 Å². The molecule has 6 heteroatoms. The first-order valence-electron chi connectivity index (χ1n) is 7.50. The first-order valence-corrected chi connectivity index (χ1v) is 7.50. The number of rotatable bonds is 5. The van der Waals surface area contributed by atoms with Gasteiger partial charge >= 0.3 is 6.09 Å². The molecule has 0 bridgehead atoms. The molecule has 1 aromatic heterocycles. The third-order valence-electron chi connectivity index (χ3n) is 2.83. The van der Waals surface area contributed by atoms with E-state index in [0.29, 0.717) is 11.3 Å². The third kappa shape index (κ3) is 5.72. The lowest BCUT2D eigenvalue weighted by Gasteiger charge is -2.19. The van der Waals surface area contributed by atoms with Crippen molar-refractivity contribution in [2.24, 2.45) is 0 Å². The van der Waals surface area contributed by atoms with E-state index in [-0.39, 0.29) is 18.2 Å². The van der Waals surface area contributed by atoms with Crippen molar-refractivity contribution in [2.45, 2.75) is 26.4 Å². The smallest absolute Gasteiger partial charge is 0.413 e. The zero-order chi connectivity index (χ0) is 17.6. The summed E-state index contributed by atoms with van der Waals surface area (Å²) in [5.74, 6) is 0.586. The van der Waals surface area contributed by atoms with Crippen LogP contribution in [0.1, 0.15) is 31.1 Å². The van der Waals surface area contributed by atoms with Crippen LogP contribution in [0.4, 0.5) is 10.6 Å². The first-order chi connectivity index (χ1) is 11.3. The van der Waals surface area contributed by atoms with Crippen LogP contribution in [0.15, 0.2) is 48.7 Å². The number of carbonyl (C=O) groups excluding carboxylic acids is 2. The van der Waals surface area contributed by atoms with E-state index in [0.717, 1.165) is 0 Å². The standard InChI is InChI=1S/C18H20N2O4/c1-18(2,3)24-17(22)20-16-11-14(9-10-19-16)23-12-15(21)13-7-5-4-6-8-13/h4-11H,12H2,1-3H3,(H,19,20,22). The molecule has 0 aliphatic carbocycles. The molecule has 0 aliphatic rings. The predicted molar refractivity (Wildman–Crippen MR) is 90.4 cm³/mol. The number of aromatic nitrogens is 1. The normalized spacial score (nSPS) is 10.8. The van der Waals surface area contributed by atoms with Gasteiger partial charge in [-0.2, -0.15) is 0 Å². The summed E-state index contributed by atoms with van der Waals surface area (Å²) in [6.07, 6.45) is 0.877. The van der Waals surface area contributed by atoms with Crippen molar-refractivity contribution in [3.8, 4) is 5.75 Å². The van der Waals surface area contributed by atoms with E-state index >= 15 is 0 Å². The molecule has 0 aliphatic heterocycles. The van der Waals surface area contributed by atoms with Gasteiger partial charge in [0.15, 0.2) is 12.4 Å². The molecule has 1 heterocycles. The molecule has 0 fully saturated rings. The zero-order valence-corrected chi connectivity index (χ0v) is 13.9. The summed E-state index contributed by atoms with van der Waals surface area (Å²) in [7, 11) is 0. The second-order valence-electron chi connectivity index (χ2n) is 6.08. The maximum absolute atomic E-state index is 12.0. The van der Waals surface area contributed by atoms with E-state index < -0.39 is 11.7 Å². The van der Waals surface area contributed by atoms with Crippen molar-refractivity contribution in [1.29, 1.82) is 0 Å². The molecule has 0 radical (unpaired) electrons. The maximum atomic E-state index is 12.0. The molecule has 0 spiro atoms. The molecular weight excluding hydrogens is 308 g/mol. The Labute approximate surface area is 140 Å². The van der Waals surface area contributed by atoms with E-state index in [9.17, 15) is 9.59 Å². The number of Topliss-reactive ketones (excluding diaryl/α,β-unsaturated/α-hetero) is 1. The summed E-state index contributed by atoms with van der Waals surface area (Å²) in [5, 5.41) is 2.52. The molecule has 2 rings (SSSR count). The van der Waals surface area contributed by atoms with Crippen molar-refractivity contribution in [2.75, 3.05) is 11.9 Å². The van der Waals surface area contributed by atoms with Gasteiger partial charge in [-0.05, 0) is 26.8 Å². The Morgan fingerprint density at radius 2 is 1.83 bits per heavy atom. The van der Waals surface area contributed by atoms with E-state index in [1.165, 1.54) is 12.3 Å². The van der Waals surface area contributed by atoms with Gasteiger partial charge in [-0.25, -0.2) is 9.78 Å². The Balaban J connectivity index is 1.93. The highest BCUT2D eigenvalue weighted by molar-refractivity contribution is 5.97. The highest BCUT2D eigenvalue weighted by atomic mass is 16.6. The number of carbonyl (C=O) groups is 2. The number of pyridine rings is 1. The summed E-state index contributed by atoms with van der Waals surface area (Å²) >= 11 is 0. The number of nitrogens with one attached hydrogen (secondary N) is 1. The molecule has 1 aromatic carbocycles. The fraction of sp³-hybridized carbons (Fsp3) is 0.278. The van der Waals surface area contributed by atoms with Crippen molar-refractivity contribution >= 4 is 17.7 Å². The number of amides is 1. The van der Waals surface area contributed by atoms with Crippen molar-refractivity contribution in [1.82, 2.24) is 4.98 Å². The fourth-order valence-corrected chi connectivity index (χ4v) is 1.83. The van der Waals surface area contributed by atoms with Crippen LogP contribution in [0.2, 0.25) is 0 Å². The average Bonchev–Trinajstić information content (AvgIpc) is 2.52. The van der Waals surface area contributed by atoms with Crippen LogP contribution in [0, 0.1) is 0 Å². The Morgan fingerprint density at radius 3 is 2.50 bits per heavy atom. The molecule has 6 nitrogen and oxygen atoms in total. The van der Waals surface area contributed by atoms with Crippen LogP contribution < -0.4 is 10.1 Å².